The Bertz CT molecular complexity index is 251. The summed E-state index contributed by atoms with van der Waals surface area (Å²) in [5.41, 5.74) is 3.09. The van der Waals surface area contributed by atoms with Crippen LogP contribution in [0, 0.1) is 17.8 Å². The molecule has 2 saturated carbocycles. The van der Waals surface area contributed by atoms with E-state index in [2.05, 4.69) is 12.0 Å². The van der Waals surface area contributed by atoms with E-state index >= 15 is 0 Å². The molecule has 4 unspecified atom stereocenters. The molecule has 0 amide bonds. The van der Waals surface area contributed by atoms with Crippen molar-refractivity contribution in [3.8, 4) is 0 Å². The second-order valence-corrected chi connectivity index (χ2v) is 6.37. The van der Waals surface area contributed by atoms with Crippen molar-refractivity contribution in [2.75, 3.05) is 0 Å². The Kier molecular flexibility index (Phi) is 5.71. The Morgan fingerprint density at radius 2 is 1.94 bits per heavy atom. The molecule has 2 aliphatic carbocycles. The van der Waals surface area contributed by atoms with E-state index in [0.717, 1.165) is 24.2 Å². The second kappa shape index (κ2) is 7.30. The van der Waals surface area contributed by atoms with Crippen molar-refractivity contribution in [2.45, 2.75) is 70.3 Å². The molecule has 0 heterocycles. The number of hydrogen-bond acceptors (Lipinski definition) is 2. The first-order valence-corrected chi connectivity index (χ1v) is 7.92. The molecular weight excluding hydrogens is 220 g/mol. The van der Waals surface area contributed by atoms with Crippen LogP contribution in [0.3, 0.4) is 0 Å². The van der Waals surface area contributed by atoms with E-state index in [-0.39, 0.29) is 0 Å². The highest BCUT2D eigenvalue weighted by Gasteiger charge is 2.34. The lowest BCUT2D eigenvalue weighted by atomic mass is 9.66. The highest BCUT2D eigenvalue weighted by molar-refractivity contribution is 4.87. The lowest BCUT2D eigenvalue weighted by molar-refractivity contribution is 0.107. The lowest BCUT2D eigenvalue weighted by Crippen LogP contribution is -2.44. The van der Waals surface area contributed by atoms with Gasteiger partial charge in [0.2, 0.25) is 0 Å². The van der Waals surface area contributed by atoms with Gasteiger partial charge in [0.1, 0.15) is 0 Å². The summed E-state index contributed by atoms with van der Waals surface area (Å²) < 4.78 is 0. The minimum absolute atomic E-state index is 0.535. The molecule has 0 radical (unpaired) electrons. The summed E-state index contributed by atoms with van der Waals surface area (Å²) in [5, 5.41) is 0. The average molecular weight is 250 g/mol. The van der Waals surface area contributed by atoms with Crippen LogP contribution in [0.5, 0.6) is 0 Å². The normalized spacial score (nSPS) is 33.7. The molecule has 0 aromatic rings. The molecule has 0 aromatic carbocycles. The topological polar surface area (TPSA) is 38.0 Å². The van der Waals surface area contributed by atoms with Crippen LogP contribution in [0.1, 0.15) is 64.2 Å². The molecule has 2 nitrogen and oxygen atoms in total. The number of nitrogens with two attached hydrogens (primary N) is 1. The van der Waals surface area contributed by atoms with E-state index in [4.69, 9.17) is 5.84 Å². The van der Waals surface area contributed by atoms with Crippen molar-refractivity contribution in [1.29, 1.82) is 0 Å². The smallest absolute Gasteiger partial charge is 0.0239 e. The van der Waals surface area contributed by atoms with Crippen LogP contribution < -0.4 is 11.3 Å². The first kappa shape index (κ1) is 14.1. The maximum atomic E-state index is 5.78. The molecule has 2 aliphatic rings. The van der Waals surface area contributed by atoms with E-state index in [1.54, 1.807) is 0 Å². The Labute approximate surface area is 112 Å². The van der Waals surface area contributed by atoms with Crippen molar-refractivity contribution in [3.63, 3.8) is 0 Å². The lowest BCUT2D eigenvalue weighted by Gasteiger charge is -2.41. The van der Waals surface area contributed by atoms with Gasteiger partial charge in [-0.25, -0.2) is 0 Å². The fourth-order valence-electron chi connectivity index (χ4n) is 4.21. The number of allylic oxidation sites excluding steroid dienone is 1. The third-order valence-corrected chi connectivity index (χ3v) is 5.29. The first-order valence-electron chi connectivity index (χ1n) is 7.92. The standard InChI is InChI=1S/C16H30N2/c1-2-3-4-9-16(18-17)15-11-10-13-7-5-6-8-14(13)12-15/h2,13-16,18H,1,3-12,17H2. The SMILES string of the molecule is C=CCCCC(NN)C1CCC2CCCCC2C1. The Balaban J connectivity index is 1.81. The molecule has 0 bridgehead atoms. The molecule has 4 atom stereocenters. The Morgan fingerprint density at radius 3 is 2.67 bits per heavy atom. The van der Waals surface area contributed by atoms with Crippen molar-refractivity contribution in [3.05, 3.63) is 12.7 Å². The van der Waals surface area contributed by atoms with Crippen LogP contribution in [0.25, 0.3) is 0 Å². The fourth-order valence-corrected chi connectivity index (χ4v) is 4.21. The maximum Gasteiger partial charge on any atom is 0.0239 e. The van der Waals surface area contributed by atoms with Crippen LogP contribution in [0.2, 0.25) is 0 Å². The Morgan fingerprint density at radius 1 is 1.17 bits per heavy atom. The van der Waals surface area contributed by atoms with E-state index in [1.807, 2.05) is 6.08 Å². The summed E-state index contributed by atoms with van der Waals surface area (Å²) in [4.78, 5) is 0. The molecule has 2 heteroatoms. The monoisotopic (exact) mass is 250 g/mol. The third-order valence-electron chi connectivity index (χ3n) is 5.29. The molecular formula is C16H30N2. The highest BCUT2D eigenvalue weighted by atomic mass is 15.2. The molecule has 0 aromatic heterocycles. The van der Waals surface area contributed by atoms with Gasteiger partial charge in [-0.05, 0) is 56.3 Å². The van der Waals surface area contributed by atoms with Crippen LogP contribution >= 0.6 is 0 Å². The maximum absolute atomic E-state index is 5.78. The molecule has 104 valence electrons. The second-order valence-electron chi connectivity index (χ2n) is 6.37. The molecule has 0 aliphatic heterocycles. The van der Waals surface area contributed by atoms with Crippen LogP contribution in [-0.4, -0.2) is 6.04 Å². The van der Waals surface area contributed by atoms with Crippen LogP contribution in [0.4, 0.5) is 0 Å². The molecule has 2 fully saturated rings. The van der Waals surface area contributed by atoms with E-state index < -0.39 is 0 Å². The first-order chi connectivity index (χ1) is 8.85. The fraction of sp³-hybridized carbons (Fsp3) is 0.875. The molecule has 0 saturated heterocycles. The molecule has 18 heavy (non-hydrogen) atoms. The van der Waals surface area contributed by atoms with Crippen LogP contribution in [0.15, 0.2) is 12.7 Å². The van der Waals surface area contributed by atoms with Gasteiger partial charge >= 0.3 is 0 Å². The number of fused-ring (bicyclic) bond motifs is 1. The zero-order chi connectivity index (χ0) is 12.8. The Hall–Kier alpha value is -0.340. The zero-order valence-corrected chi connectivity index (χ0v) is 11.7. The van der Waals surface area contributed by atoms with E-state index in [9.17, 15) is 0 Å². The summed E-state index contributed by atoms with van der Waals surface area (Å²) >= 11 is 0. The van der Waals surface area contributed by atoms with Gasteiger partial charge in [-0.3, -0.25) is 11.3 Å². The average Bonchev–Trinajstić information content (AvgIpc) is 2.43. The van der Waals surface area contributed by atoms with Crippen molar-refractivity contribution < 1.29 is 0 Å². The van der Waals surface area contributed by atoms with E-state index in [1.165, 1.54) is 57.8 Å². The number of hydrazine groups is 1. The van der Waals surface area contributed by atoms with Gasteiger partial charge in [0, 0.05) is 6.04 Å². The molecule has 0 spiro atoms. The molecule has 2 rings (SSSR count). The van der Waals surface area contributed by atoms with Gasteiger partial charge in [0.05, 0.1) is 0 Å². The number of hydrogen-bond donors (Lipinski definition) is 2. The van der Waals surface area contributed by atoms with Gasteiger partial charge < -0.3 is 0 Å². The third kappa shape index (κ3) is 3.58. The predicted molar refractivity (Wildman–Crippen MR) is 77.9 cm³/mol. The van der Waals surface area contributed by atoms with Gasteiger partial charge in [-0.2, -0.15) is 0 Å². The number of nitrogens with one attached hydrogen (secondary N) is 1. The van der Waals surface area contributed by atoms with Crippen molar-refractivity contribution in [1.82, 2.24) is 5.43 Å². The van der Waals surface area contributed by atoms with E-state index in [0.29, 0.717) is 6.04 Å². The predicted octanol–water partition coefficient (Wildman–Crippen LogP) is 3.78. The van der Waals surface area contributed by atoms with Gasteiger partial charge in [0.15, 0.2) is 0 Å². The quantitative estimate of drug-likeness (QED) is 0.326. The van der Waals surface area contributed by atoms with Crippen molar-refractivity contribution in [2.24, 2.45) is 23.6 Å². The minimum Gasteiger partial charge on any atom is -0.271 e. The zero-order valence-electron chi connectivity index (χ0n) is 11.7. The summed E-state index contributed by atoms with van der Waals surface area (Å²) in [6.07, 6.45) is 15.8. The van der Waals surface area contributed by atoms with Gasteiger partial charge in [0.25, 0.3) is 0 Å². The summed E-state index contributed by atoms with van der Waals surface area (Å²) in [5.74, 6) is 8.65. The number of unbranched alkanes of at least 4 members (excludes halogenated alkanes) is 1. The summed E-state index contributed by atoms with van der Waals surface area (Å²) in [7, 11) is 0. The van der Waals surface area contributed by atoms with Crippen molar-refractivity contribution >= 4 is 0 Å². The van der Waals surface area contributed by atoms with Crippen LogP contribution in [-0.2, 0) is 0 Å². The summed E-state index contributed by atoms with van der Waals surface area (Å²) in [6, 6.07) is 0.535. The number of rotatable bonds is 6. The minimum atomic E-state index is 0.535. The highest BCUT2D eigenvalue weighted by Crippen LogP contribution is 2.43. The molecule has 3 N–H and O–H groups in total. The van der Waals surface area contributed by atoms with Gasteiger partial charge in [-0.1, -0.05) is 31.8 Å². The largest absolute Gasteiger partial charge is 0.271 e. The summed E-state index contributed by atoms with van der Waals surface area (Å²) in [6.45, 7) is 3.80. The van der Waals surface area contributed by atoms with Gasteiger partial charge in [-0.15, -0.1) is 6.58 Å².